The first-order valence-corrected chi connectivity index (χ1v) is 7.91. The van der Waals surface area contributed by atoms with E-state index >= 15 is 0 Å². The Morgan fingerprint density at radius 1 is 1.15 bits per heavy atom. The van der Waals surface area contributed by atoms with E-state index in [1.54, 1.807) is 11.8 Å². The van der Waals surface area contributed by atoms with E-state index in [0.29, 0.717) is 0 Å². The summed E-state index contributed by atoms with van der Waals surface area (Å²) >= 11 is 1.71. The Morgan fingerprint density at radius 3 is 2.90 bits per heavy atom. The smallest absolute Gasteiger partial charge is 0.166 e. The zero-order chi connectivity index (χ0) is 13.4. The van der Waals surface area contributed by atoms with Gasteiger partial charge in [0, 0.05) is 11.9 Å². The molecule has 0 saturated heterocycles. The predicted octanol–water partition coefficient (Wildman–Crippen LogP) is 3.74. The van der Waals surface area contributed by atoms with Gasteiger partial charge in [-0.15, -0.1) is 0 Å². The van der Waals surface area contributed by atoms with E-state index in [1.165, 1.54) is 30.4 Å². The molecule has 1 aromatic carbocycles. The molecule has 2 heterocycles. The van der Waals surface area contributed by atoms with Crippen LogP contribution in [0.5, 0.6) is 0 Å². The van der Waals surface area contributed by atoms with Gasteiger partial charge < -0.3 is 4.98 Å². The quantitative estimate of drug-likeness (QED) is 0.744. The first-order chi connectivity index (χ1) is 9.88. The van der Waals surface area contributed by atoms with Crippen molar-refractivity contribution in [2.75, 3.05) is 0 Å². The Morgan fingerprint density at radius 2 is 2.05 bits per heavy atom. The lowest BCUT2D eigenvalue weighted by Crippen LogP contribution is -1.85. The summed E-state index contributed by atoms with van der Waals surface area (Å²) in [4.78, 5) is 12.4. The van der Waals surface area contributed by atoms with Crippen LogP contribution in [0, 0.1) is 0 Å². The third-order valence-electron chi connectivity index (χ3n) is 3.76. The largest absolute Gasteiger partial charge is 0.333 e. The summed E-state index contributed by atoms with van der Waals surface area (Å²) in [6, 6.07) is 10.5. The minimum atomic E-state index is 0.848. The number of H-pyrrole nitrogens is 1. The molecule has 0 fully saturated rings. The third kappa shape index (κ3) is 2.20. The summed E-state index contributed by atoms with van der Waals surface area (Å²) < 4.78 is 0. The SMILES string of the molecule is c1ccc(CSc2nc3cc4c(cc3[nH]2)CCC4)nc1. The molecule has 3 nitrogen and oxygen atoms in total. The fourth-order valence-electron chi connectivity index (χ4n) is 2.75. The molecule has 4 rings (SSSR count). The van der Waals surface area contributed by atoms with E-state index in [0.717, 1.165) is 27.6 Å². The number of aromatic nitrogens is 3. The normalized spacial score (nSPS) is 13.8. The Balaban J connectivity index is 1.58. The molecule has 1 N–H and O–H groups in total. The molecular formula is C16H15N3S. The number of nitrogens with one attached hydrogen (secondary N) is 1. The van der Waals surface area contributed by atoms with Gasteiger partial charge in [-0.25, -0.2) is 4.98 Å². The average Bonchev–Trinajstić information content (AvgIpc) is 3.08. The molecule has 0 radical (unpaired) electrons. The van der Waals surface area contributed by atoms with Crippen molar-refractivity contribution in [3.05, 3.63) is 53.3 Å². The van der Waals surface area contributed by atoms with Gasteiger partial charge in [0.2, 0.25) is 0 Å². The van der Waals surface area contributed by atoms with Gasteiger partial charge in [-0.05, 0) is 54.7 Å². The topological polar surface area (TPSA) is 41.6 Å². The molecule has 1 aliphatic carbocycles. The Hall–Kier alpha value is -1.81. The van der Waals surface area contributed by atoms with Gasteiger partial charge in [0.25, 0.3) is 0 Å². The summed E-state index contributed by atoms with van der Waals surface area (Å²) in [7, 11) is 0. The van der Waals surface area contributed by atoms with Gasteiger partial charge in [0.05, 0.1) is 16.7 Å². The van der Waals surface area contributed by atoms with Crippen LogP contribution >= 0.6 is 11.8 Å². The van der Waals surface area contributed by atoms with E-state index in [4.69, 9.17) is 0 Å². The Kier molecular flexibility index (Phi) is 2.96. The minimum absolute atomic E-state index is 0.848. The molecule has 20 heavy (non-hydrogen) atoms. The average molecular weight is 281 g/mol. The van der Waals surface area contributed by atoms with Crippen LogP contribution in [0.25, 0.3) is 11.0 Å². The van der Waals surface area contributed by atoms with Crippen LogP contribution in [-0.4, -0.2) is 15.0 Å². The van der Waals surface area contributed by atoms with Gasteiger partial charge in [-0.1, -0.05) is 17.8 Å². The highest BCUT2D eigenvalue weighted by atomic mass is 32.2. The van der Waals surface area contributed by atoms with Crippen LogP contribution in [0.1, 0.15) is 23.2 Å². The fourth-order valence-corrected chi connectivity index (χ4v) is 3.55. The highest BCUT2D eigenvalue weighted by Crippen LogP contribution is 2.28. The summed E-state index contributed by atoms with van der Waals surface area (Å²) in [5.74, 6) is 0.848. The van der Waals surface area contributed by atoms with Crippen molar-refractivity contribution in [2.45, 2.75) is 30.2 Å². The van der Waals surface area contributed by atoms with Crippen LogP contribution in [0.4, 0.5) is 0 Å². The third-order valence-corrected chi connectivity index (χ3v) is 4.66. The van der Waals surface area contributed by atoms with Crippen molar-refractivity contribution in [1.82, 2.24) is 15.0 Å². The molecule has 2 aromatic heterocycles. The number of imidazole rings is 1. The molecule has 4 heteroatoms. The Labute approximate surface area is 121 Å². The zero-order valence-electron chi connectivity index (χ0n) is 11.1. The van der Waals surface area contributed by atoms with Gasteiger partial charge in [0.15, 0.2) is 5.16 Å². The molecule has 0 atom stereocenters. The van der Waals surface area contributed by atoms with Gasteiger partial charge in [0.1, 0.15) is 0 Å². The lowest BCUT2D eigenvalue weighted by Gasteiger charge is -1.97. The highest BCUT2D eigenvalue weighted by molar-refractivity contribution is 7.98. The van der Waals surface area contributed by atoms with E-state index in [9.17, 15) is 0 Å². The van der Waals surface area contributed by atoms with Crippen molar-refractivity contribution in [3.63, 3.8) is 0 Å². The number of nitrogens with zero attached hydrogens (tertiary/aromatic N) is 2. The second kappa shape index (κ2) is 4.94. The zero-order valence-corrected chi connectivity index (χ0v) is 11.9. The molecule has 0 aliphatic heterocycles. The number of pyridine rings is 1. The Bertz CT molecular complexity index is 708. The molecule has 1 aliphatic rings. The summed E-state index contributed by atoms with van der Waals surface area (Å²) in [6.45, 7) is 0. The summed E-state index contributed by atoms with van der Waals surface area (Å²) in [5, 5.41) is 0.981. The summed E-state index contributed by atoms with van der Waals surface area (Å²) in [5.41, 5.74) is 6.30. The van der Waals surface area contributed by atoms with Crippen molar-refractivity contribution >= 4 is 22.8 Å². The van der Waals surface area contributed by atoms with Gasteiger partial charge >= 0.3 is 0 Å². The van der Waals surface area contributed by atoms with E-state index in [-0.39, 0.29) is 0 Å². The maximum Gasteiger partial charge on any atom is 0.166 e. The molecule has 0 saturated carbocycles. The molecular weight excluding hydrogens is 266 g/mol. The molecule has 0 spiro atoms. The fraction of sp³-hybridized carbons (Fsp3) is 0.250. The molecule has 0 bridgehead atoms. The van der Waals surface area contributed by atoms with Crippen molar-refractivity contribution in [3.8, 4) is 0 Å². The highest BCUT2D eigenvalue weighted by Gasteiger charge is 2.13. The maximum atomic E-state index is 4.68. The van der Waals surface area contributed by atoms with Crippen molar-refractivity contribution in [2.24, 2.45) is 0 Å². The number of aromatic amines is 1. The molecule has 0 amide bonds. The maximum absolute atomic E-state index is 4.68. The second-order valence-corrected chi connectivity index (χ2v) is 6.11. The predicted molar refractivity (Wildman–Crippen MR) is 81.9 cm³/mol. The van der Waals surface area contributed by atoms with Crippen LogP contribution in [0.2, 0.25) is 0 Å². The van der Waals surface area contributed by atoms with E-state index in [2.05, 4.69) is 27.1 Å². The number of rotatable bonds is 3. The van der Waals surface area contributed by atoms with Crippen LogP contribution in [0.3, 0.4) is 0 Å². The number of hydrogen-bond acceptors (Lipinski definition) is 3. The van der Waals surface area contributed by atoms with Crippen LogP contribution in [-0.2, 0) is 18.6 Å². The lowest BCUT2D eigenvalue weighted by molar-refractivity contribution is 0.911. The van der Waals surface area contributed by atoms with Crippen molar-refractivity contribution in [1.29, 1.82) is 0 Å². The number of thioether (sulfide) groups is 1. The van der Waals surface area contributed by atoms with Crippen LogP contribution < -0.4 is 0 Å². The standard InChI is InChI=1S/C16H15N3S/c1-2-7-17-13(6-1)10-20-16-18-14-8-11-4-3-5-12(11)9-15(14)19-16/h1-2,6-9H,3-5,10H2,(H,18,19). The summed E-state index contributed by atoms with van der Waals surface area (Å²) in [6.07, 6.45) is 5.53. The number of hydrogen-bond donors (Lipinski definition) is 1. The van der Waals surface area contributed by atoms with E-state index < -0.39 is 0 Å². The number of fused-ring (bicyclic) bond motifs is 2. The first-order valence-electron chi connectivity index (χ1n) is 6.93. The number of benzene rings is 1. The molecule has 100 valence electrons. The lowest BCUT2D eigenvalue weighted by atomic mass is 10.1. The number of aryl methyl sites for hydroxylation is 2. The van der Waals surface area contributed by atoms with Crippen molar-refractivity contribution < 1.29 is 0 Å². The van der Waals surface area contributed by atoms with Gasteiger partial charge in [-0.3, -0.25) is 4.98 Å². The van der Waals surface area contributed by atoms with E-state index in [1.807, 2.05) is 24.4 Å². The molecule has 0 unspecified atom stereocenters. The molecule has 3 aromatic rings. The van der Waals surface area contributed by atoms with Crippen LogP contribution in [0.15, 0.2) is 41.7 Å². The van der Waals surface area contributed by atoms with Gasteiger partial charge in [-0.2, -0.15) is 0 Å². The monoisotopic (exact) mass is 281 g/mol. The second-order valence-electron chi connectivity index (χ2n) is 5.14. The minimum Gasteiger partial charge on any atom is -0.333 e. The first kappa shape index (κ1) is 12.0.